The Hall–Kier alpha value is -1.28. The summed E-state index contributed by atoms with van der Waals surface area (Å²) in [6, 6.07) is 14.5. The van der Waals surface area contributed by atoms with Crippen LogP contribution in [0.2, 0.25) is 0 Å². The van der Waals surface area contributed by atoms with Crippen LogP contribution >= 0.6 is 15.9 Å². The summed E-state index contributed by atoms with van der Waals surface area (Å²) < 4.78 is 5.91. The van der Waals surface area contributed by atoms with E-state index in [4.69, 9.17) is 4.74 Å². The van der Waals surface area contributed by atoms with Crippen LogP contribution in [-0.4, -0.2) is 0 Å². The minimum absolute atomic E-state index is 0.173. The highest BCUT2D eigenvalue weighted by Gasteiger charge is 2.13. The van der Waals surface area contributed by atoms with E-state index in [1.807, 2.05) is 18.2 Å². The first-order chi connectivity index (χ1) is 9.40. The minimum Gasteiger partial charge on any atom is -0.457 e. The van der Waals surface area contributed by atoms with Gasteiger partial charge in [-0.25, -0.2) is 0 Å². The molecule has 0 heterocycles. The van der Waals surface area contributed by atoms with E-state index in [-0.39, 0.29) is 5.41 Å². The third kappa shape index (κ3) is 3.63. The van der Waals surface area contributed by atoms with Crippen LogP contribution in [0.1, 0.15) is 37.5 Å². The van der Waals surface area contributed by atoms with Crippen LogP contribution in [0.25, 0.3) is 0 Å². The van der Waals surface area contributed by atoms with Crippen molar-refractivity contribution in [2.24, 2.45) is 0 Å². The number of benzene rings is 2. The Morgan fingerprint density at radius 1 is 0.950 bits per heavy atom. The molecule has 1 nitrogen and oxygen atoms in total. The molecule has 106 valence electrons. The molecule has 2 rings (SSSR count). The molecule has 0 fully saturated rings. The summed E-state index contributed by atoms with van der Waals surface area (Å²) >= 11 is 3.49. The standard InChI is InChI=1S/C18H21BrO/c1-13-11-17(8-5-14(13)12-19)20-16-9-6-15(7-10-16)18(2,3)4/h5-11H,12H2,1-4H3. The SMILES string of the molecule is Cc1cc(Oc2ccc(C(C)(C)C)cc2)ccc1CBr. The fraction of sp³-hybridized carbons (Fsp3) is 0.333. The van der Waals surface area contributed by atoms with Crippen molar-refractivity contribution < 1.29 is 4.74 Å². The van der Waals surface area contributed by atoms with E-state index in [1.165, 1.54) is 16.7 Å². The predicted octanol–water partition coefficient (Wildman–Crippen LogP) is 5.98. The molecule has 0 aliphatic rings. The fourth-order valence-electron chi connectivity index (χ4n) is 2.04. The van der Waals surface area contributed by atoms with Crippen molar-refractivity contribution in [2.45, 2.75) is 38.4 Å². The molecular formula is C18H21BrO. The minimum atomic E-state index is 0.173. The molecule has 0 amide bonds. The van der Waals surface area contributed by atoms with Gasteiger partial charge in [0.2, 0.25) is 0 Å². The van der Waals surface area contributed by atoms with Gasteiger partial charge >= 0.3 is 0 Å². The van der Waals surface area contributed by atoms with Crippen molar-refractivity contribution in [1.82, 2.24) is 0 Å². The van der Waals surface area contributed by atoms with E-state index < -0.39 is 0 Å². The lowest BCUT2D eigenvalue weighted by Gasteiger charge is -2.19. The first-order valence-electron chi connectivity index (χ1n) is 6.84. The van der Waals surface area contributed by atoms with Gasteiger partial charge in [-0.15, -0.1) is 0 Å². The topological polar surface area (TPSA) is 9.23 Å². The molecule has 0 saturated heterocycles. The summed E-state index contributed by atoms with van der Waals surface area (Å²) in [5, 5.41) is 0.874. The molecule has 2 heteroatoms. The molecule has 2 aromatic carbocycles. The van der Waals surface area contributed by atoms with E-state index in [0.717, 1.165) is 16.8 Å². The van der Waals surface area contributed by atoms with Crippen molar-refractivity contribution in [1.29, 1.82) is 0 Å². The predicted molar refractivity (Wildman–Crippen MR) is 89.0 cm³/mol. The maximum atomic E-state index is 5.91. The van der Waals surface area contributed by atoms with Crippen LogP contribution in [0, 0.1) is 6.92 Å². The Morgan fingerprint density at radius 3 is 2.05 bits per heavy atom. The van der Waals surface area contributed by atoms with Crippen LogP contribution in [0.15, 0.2) is 42.5 Å². The van der Waals surface area contributed by atoms with E-state index in [9.17, 15) is 0 Å². The van der Waals surface area contributed by atoms with Crippen molar-refractivity contribution >= 4 is 15.9 Å². The molecule has 0 aromatic heterocycles. The summed E-state index contributed by atoms with van der Waals surface area (Å²) in [4.78, 5) is 0. The molecule has 2 aromatic rings. The zero-order chi connectivity index (χ0) is 14.8. The van der Waals surface area contributed by atoms with Crippen LogP contribution in [0.5, 0.6) is 11.5 Å². The van der Waals surface area contributed by atoms with E-state index >= 15 is 0 Å². The zero-order valence-electron chi connectivity index (χ0n) is 12.5. The smallest absolute Gasteiger partial charge is 0.127 e. The van der Waals surface area contributed by atoms with Gasteiger partial charge in [-0.2, -0.15) is 0 Å². The van der Waals surface area contributed by atoms with Crippen molar-refractivity contribution in [3.05, 3.63) is 59.2 Å². The highest BCUT2D eigenvalue weighted by Crippen LogP contribution is 2.28. The molecule has 0 N–H and O–H groups in total. The first kappa shape index (κ1) is 15.1. The van der Waals surface area contributed by atoms with E-state index in [1.54, 1.807) is 0 Å². The van der Waals surface area contributed by atoms with Gasteiger partial charge in [0.25, 0.3) is 0 Å². The van der Waals surface area contributed by atoms with Gasteiger partial charge in [0.05, 0.1) is 0 Å². The van der Waals surface area contributed by atoms with E-state index in [2.05, 4.69) is 67.9 Å². The lowest BCUT2D eigenvalue weighted by molar-refractivity contribution is 0.481. The largest absolute Gasteiger partial charge is 0.457 e. The zero-order valence-corrected chi connectivity index (χ0v) is 14.1. The lowest BCUT2D eigenvalue weighted by Crippen LogP contribution is -2.10. The Kier molecular flexibility index (Phi) is 4.54. The number of hydrogen-bond acceptors (Lipinski definition) is 1. The first-order valence-corrected chi connectivity index (χ1v) is 7.96. The Bertz CT molecular complexity index is 579. The molecule has 0 saturated carbocycles. The maximum absolute atomic E-state index is 5.91. The molecule has 0 bridgehead atoms. The Balaban J connectivity index is 2.16. The summed E-state index contributed by atoms with van der Waals surface area (Å²) in [7, 11) is 0. The molecular weight excluding hydrogens is 312 g/mol. The lowest BCUT2D eigenvalue weighted by atomic mass is 9.87. The molecule has 0 aliphatic carbocycles. The number of aryl methyl sites for hydroxylation is 1. The number of alkyl halides is 1. The van der Waals surface area contributed by atoms with Gasteiger partial charge in [-0.1, -0.05) is 54.9 Å². The molecule has 0 atom stereocenters. The summed E-state index contributed by atoms with van der Waals surface area (Å²) in [6.45, 7) is 8.74. The van der Waals surface area contributed by atoms with Gasteiger partial charge in [0.15, 0.2) is 0 Å². The maximum Gasteiger partial charge on any atom is 0.127 e. The Labute approximate surface area is 130 Å². The van der Waals surface area contributed by atoms with Gasteiger partial charge in [0.1, 0.15) is 11.5 Å². The summed E-state index contributed by atoms with van der Waals surface area (Å²) in [6.07, 6.45) is 0. The third-order valence-corrected chi connectivity index (χ3v) is 4.02. The molecule has 0 spiro atoms. The van der Waals surface area contributed by atoms with Crippen LogP contribution in [0.3, 0.4) is 0 Å². The summed E-state index contributed by atoms with van der Waals surface area (Å²) in [5.41, 5.74) is 4.02. The number of halogens is 1. The van der Waals surface area contributed by atoms with Crippen molar-refractivity contribution in [2.75, 3.05) is 0 Å². The van der Waals surface area contributed by atoms with Crippen LogP contribution < -0.4 is 4.74 Å². The number of ether oxygens (including phenoxy) is 1. The summed E-state index contributed by atoms with van der Waals surface area (Å²) in [5.74, 6) is 1.76. The number of rotatable bonds is 3. The highest BCUT2D eigenvalue weighted by atomic mass is 79.9. The second-order valence-electron chi connectivity index (χ2n) is 6.10. The van der Waals surface area contributed by atoms with Crippen LogP contribution in [-0.2, 0) is 10.7 Å². The molecule has 0 unspecified atom stereocenters. The second-order valence-corrected chi connectivity index (χ2v) is 6.66. The average Bonchev–Trinajstić information content (AvgIpc) is 2.38. The van der Waals surface area contributed by atoms with Gasteiger partial charge in [-0.05, 0) is 53.3 Å². The van der Waals surface area contributed by atoms with Crippen LogP contribution in [0.4, 0.5) is 0 Å². The average molecular weight is 333 g/mol. The third-order valence-electron chi connectivity index (χ3n) is 3.41. The molecule has 0 radical (unpaired) electrons. The normalized spacial score (nSPS) is 11.4. The quantitative estimate of drug-likeness (QED) is 0.628. The molecule has 20 heavy (non-hydrogen) atoms. The van der Waals surface area contributed by atoms with Gasteiger partial charge in [0, 0.05) is 5.33 Å². The van der Waals surface area contributed by atoms with Crippen molar-refractivity contribution in [3.63, 3.8) is 0 Å². The number of hydrogen-bond donors (Lipinski definition) is 0. The van der Waals surface area contributed by atoms with Gasteiger partial charge < -0.3 is 4.74 Å². The van der Waals surface area contributed by atoms with E-state index in [0.29, 0.717) is 0 Å². The fourth-order valence-corrected chi connectivity index (χ4v) is 2.67. The Morgan fingerprint density at radius 2 is 1.55 bits per heavy atom. The molecule has 0 aliphatic heterocycles. The monoisotopic (exact) mass is 332 g/mol. The van der Waals surface area contributed by atoms with Gasteiger partial charge in [-0.3, -0.25) is 0 Å². The second kappa shape index (κ2) is 6.01. The highest BCUT2D eigenvalue weighted by molar-refractivity contribution is 9.08. The van der Waals surface area contributed by atoms with Crippen molar-refractivity contribution in [3.8, 4) is 11.5 Å².